The fraction of sp³-hybridized carbons (Fsp3) is 0.364. The topological polar surface area (TPSA) is 86.2 Å². The molecule has 5 nitrogen and oxygen atoms in total. The van der Waals surface area contributed by atoms with E-state index in [2.05, 4.69) is 0 Å². The molecule has 17 heavy (non-hydrogen) atoms. The SMILES string of the molecule is CCc1cc(C(N)=O)c(CC)c(F)c1[N+](=O)[O-]. The van der Waals surface area contributed by atoms with Gasteiger partial charge in [0.1, 0.15) is 0 Å². The van der Waals surface area contributed by atoms with Crippen LogP contribution in [0.5, 0.6) is 0 Å². The summed E-state index contributed by atoms with van der Waals surface area (Å²) in [4.78, 5) is 21.2. The first-order valence-corrected chi connectivity index (χ1v) is 5.22. The number of rotatable bonds is 4. The van der Waals surface area contributed by atoms with Crippen LogP contribution in [0.2, 0.25) is 0 Å². The van der Waals surface area contributed by atoms with Crippen LogP contribution in [0.1, 0.15) is 35.3 Å². The number of hydrogen-bond donors (Lipinski definition) is 1. The number of carbonyl (C=O) groups is 1. The van der Waals surface area contributed by atoms with Crippen LogP contribution >= 0.6 is 0 Å². The molecule has 0 aliphatic heterocycles. The molecule has 0 atom stereocenters. The fourth-order valence-corrected chi connectivity index (χ4v) is 1.76. The van der Waals surface area contributed by atoms with E-state index in [0.29, 0.717) is 0 Å². The van der Waals surface area contributed by atoms with Crippen LogP contribution in [0.15, 0.2) is 6.07 Å². The molecule has 2 N–H and O–H groups in total. The van der Waals surface area contributed by atoms with E-state index in [1.165, 1.54) is 6.07 Å². The summed E-state index contributed by atoms with van der Waals surface area (Å²) in [7, 11) is 0. The van der Waals surface area contributed by atoms with Crippen LogP contribution in [-0.2, 0) is 12.8 Å². The molecule has 6 heteroatoms. The highest BCUT2D eigenvalue weighted by molar-refractivity contribution is 5.95. The van der Waals surface area contributed by atoms with E-state index in [-0.39, 0.29) is 29.5 Å². The van der Waals surface area contributed by atoms with Crippen LogP contribution in [0.3, 0.4) is 0 Å². The van der Waals surface area contributed by atoms with E-state index in [4.69, 9.17) is 5.73 Å². The van der Waals surface area contributed by atoms with Crippen molar-refractivity contribution in [2.75, 3.05) is 0 Å². The van der Waals surface area contributed by atoms with Crippen LogP contribution in [0, 0.1) is 15.9 Å². The third kappa shape index (κ3) is 2.25. The van der Waals surface area contributed by atoms with Crippen molar-refractivity contribution in [2.24, 2.45) is 5.73 Å². The molecule has 0 unspecified atom stereocenters. The molecule has 0 saturated carbocycles. The quantitative estimate of drug-likeness (QED) is 0.644. The third-order valence-corrected chi connectivity index (χ3v) is 2.60. The minimum Gasteiger partial charge on any atom is -0.366 e. The average Bonchev–Trinajstić information content (AvgIpc) is 2.26. The molecule has 0 bridgehead atoms. The van der Waals surface area contributed by atoms with Gasteiger partial charge in [-0.1, -0.05) is 13.8 Å². The van der Waals surface area contributed by atoms with Gasteiger partial charge in [0.2, 0.25) is 11.7 Å². The standard InChI is InChI=1S/C11H13FN2O3/c1-3-6-5-8(11(13)15)7(4-2)9(12)10(6)14(16)17/h5H,3-4H2,1-2H3,(H2,13,15). The fourth-order valence-electron chi connectivity index (χ4n) is 1.76. The second-order valence-electron chi connectivity index (χ2n) is 3.55. The van der Waals surface area contributed by atoms with Crippen molar-refractivity contribution < 1.29 is 14.1 Å². The predicted molar refractivity (Wildman–Crippen MR) is 60.3 cm³/mol. The third-order valence-electron chi connectivity index (χ3n) is 2.60. The molecule has 0 saturated heterocycles. The summed E-state index contributed by atoms with van der Waals surface area (Å²) in [5.74, 6) is -1.73. The number of nitro groups is 1. The first kappa shape index (κ1) is 13.1. The van der Waals surface area contributed by atoms with Gasteiger partial charge in [-0.2, -0.15) is 4.39 Å². The van der Waals surface area contributed by atoms with Gasteiger partial charge in [-0.05, 0) is 18.9 Å². The Morgan fingerprint density at radius 1 is 1.47 bits per heavy atom. The minimum atomic E-state index is -0.953. The monoisotopic (exact) mass is 240 g/mol. The van der Waals surface area contributed by atoms with Crippen LogP contribution in [-0.4, -0.2) is 10.8 Å². The van der Waals surface area contributed by atoms with Crippen molar-refractivity contribution in [3.05, 3.63) is 38.7 Å². The van der Waals surface area contributed by atoms with Crippen molar-refractivity contribution in [2.45, 2.75) is 26.7 Å². The Morgan fingerprint density at radius 3 is 2.41 bits per heavy atom. The van der Waals surface area contributed by atoms with Gasteiger partial charge in [0.25, 0.3) is 0 Å². The lowest BCUT2D eigenvalue weighted by Gasteiger charge is -2.09. The molecule has 0 aliphatic rings. The average molecular weight is 240 g/mol. The molecule has 92 valence electrons. The summed E-state index contributed by atoms with van der Waals surface area (Å²) in [6.45, 7) is 3.26. The molecule has 0 spiro atoms. The number of carbonyl (C=O) groups excluding carboxylic acids is 1. The number of amides is 1. The zero-order valence-corrected chi connectivity index (χ0v) is 9.62. The summed E-state index contributed by atoms with van der Waals surface area (Å²) in [6.07, 6.45) is 0.437. The van der Waals surface area contributed by atoms with Crippen molar-refractivity contribution in [3.63, 3.8) is 0 Å². The summed E-state index contributed by atoms with van der Waals surface area (Å²) >= 11 is 0. The van der Waals surface area contributed by atoms with Crippen LogP contribution in [0.4, 0.5) is 10.1 Å². The molecule has 1 aromatic carbocycles. The maximum atomic E-state index is 13.9. The van der Waals surface area contributed by atoms with Crippen molar-refractivity contribution in [1.29, 1.82) is 0 Å². The first-order chi connectivity index (χ1) is 7.93. The number of halogens is 1. The number of aryl methyl sites for hydroxylation is 1. The summed E-state index contributed by atoms with van der Waals surface area (Å²) < 4.78 is 13.9. The number of hydrogen-bond acceptors (Lipinski definition) is 3. The Labute approximate surface area is 97.6 Å². The highest BCUT2D eigenvalue weighted by atomic mass is 19.1. The maximum absolute atomic E-state index is 13.9. The van der Waals surface area contributed by atoms with E-state index in [1.54, 1.807) is 13.8 Å². The lowest BCUT2D eigenvalue weighted by Crippen LogP contribution is -2.16. The molecule has 0 aliphatic carbocycles. The van der Waals surface area contributed by atoms with Gasteiger partial charge in [-0.25, -0.2) is 0 Å². The number of nitrogens with two attached hydrogens (primary N) is 1. The molecule has 1 rings (SSSR count). The van der Waals surface area contributed by atoms with E-state index in [0.717, 1.165) is 0 Å². The normalized spacial score (nSPS) is 10.3. The van der Waals surface area contributed by atoms with Crippen LogP contribution in [0.25, 0.3) is 0 Å². The number of nitro benzene ring substituents is 1. The first-order valence-electron chi connectivity index (χ1n) is 5.22. The van der Waals surface area contributed by atoms with Gasteiger partial charge in [-0.15, -0.1) is 0 Å². The summed E-state index contributed by atoms with van der Waals surface area (Å²) in [5, 5.41) is 10.8. The van der Waals surface area contributed by atoms with Crippen molar-refractivity contribution in [3.8, 4) is 0 Å². The molecule has 0 fully saturated rings. The molecule has 1 amide bonds. The molecule has 0 radical (unpaired) electrons. The second-order valence-corrected chi connectivity index (χ2v) is 3.55. The van der Waals surface area contributed by atoms with E-state index in [1.807, 2.05) is 0 Å². The van der Waals surface area contributed by atoms with Gasteiger partial charge < -0.3 is 5.73 Å². The molecule has 0 aromatic heterocycles. The van der Waals surface area contributed by atoms with E-state index < -0.39 is 22.3 Å². The number of primary amides is 1. The molecular formula is C11H13FN2O3. The van der Waals surface area contributed by atoms with Gasteiger partial charge >= 0.3 is 5.69 Å². The van der Waals surface area contributed by atoms with Gasteiger partial charge in [0.05, 0.1) is 4.92 Å². The molecule has 1 aromatic rings. The zero-order valence-electron chi connectivity index (χ0n) is 9.62. The Morgan fingerprint density at radius 2 is 2.06 bits per heavy atom. The smallest absolute Gasteiger partial charge is 0.308 e. The minimum absolute atomic E-state index is 0.00130. The van der Waals surface area contributed by atoms with E-state index >= 15 is 0 Å². The zero-order chi connectivity index (χ0) is 13.2. The Hall–Kier alpha value is -1.98. The number of nitrogens with zero attached hydrogens (tertiary/aromatic N) is 1. The summed E-state index contributed by atoms with van der Waals surface area (Å²) in [6, 6.07) is 1.31. The van der Waals surface area contributed by atoms with Crippen molar-refractivity contribution in [1.82, 2.24) is 0 Å². The van der Waals surface area contributed by atoms with E-state index in [9.17, 15) is 19.3 Å². The van der Waals surface area contributed by atoms with Gasteiger partial charge in [0.15, 0.2) is 0 Å². The number of benzene rings is 1. The Balaban J connectivity index is 3.66. The summed E-state index contributed by atoms with van der Waals surface area (Å²) in [5.41, 5.74) is 4.77. The van der Waals surface area contributed by atoms with Crippen LogP contribution < -0.4 is 5.73 Å². The Bertz CT molecular complexity index is 486. The lowest BCUT2D eigenvalue weighted by atomic mass is 9.97. The predicted octanol–water partition coefficient (Wildman–Crippen LogP) is 1.96. The maximum Gasteiger partial charge on any atom is 0.308 e. The molecule has 0 heterocycles. The van der Waals surface area contributed by atoms with Crippen molar-refractivity contribution >= 4 is 11.6 Å². The highest BCUT2D eigenvalue weighted by Gasteiger charge is 2.26. The Kier molecular flexibility index (Phi) is 3.77. The highest BCUT2D eigenvalue weighted by Crippen LogP contribution is 2.29. The lowest BCUT2D eigenvalue weighted by molar-refractivity contribution is -0.388. The molecular weight excluding hydrogens is 227 g/mol. The second kappa shape index (κ2) is 4.90. The van der Waals surface area contributed by atoms with Gasteiger partial charge in [-0.3, -0.25) is 14.9 Å². The van der Waals surface area contributed by atoms with Gasteiger partial charge in [0, 0.05) is 16.7 Å². The largest absolute Gasteiger partial charge is 0.366 e.